The molecule has 1 aromatic rings. The second-order valence-corrected chi connectivity index (χ2v) is 11.1. The summed E-state index contributed by atoms with van der Waals surface area (Å²) in [5, 5.41) is 0. The molecule has 9 heteroatoms. The van der Waals surface area contributed by atoms with Crippen LogP contribution in [0.25, 0.3) is 0 Å². The van der Waals surface area contributed by atoms with Crippen LogP contribution in [0.5, 0.6) is 0 Å². The van der Waals surface area contributed by atoms with E-state index in [1.165, 1.54) is 11.4 Å². The Kier molecular flexibility index (Phi) is 7.01. The summed E-state index contributed by atoms with van der Waals surface area (Å²) in [6, 6.07) is 0. The molecule has 29 heavy (non-hydrogen) atoms. The standard InChI is InChI=1S/C20H30N2O5S2/c1-4-14(2)12-17(23)21-11-8-15-16(13-21)28-20(18(15)19(24)27-3)29(25,26)22-9-6-5-7-10-22/h14H,4-13H2,1-3H3/t14-/m0/s1. The Bertz CT molecular complexity index is 872. The number of amides is 1. The Hall–Kier alpha value is -1.45. The molecule has 3 rings (SSSR count). The highest BCUT2D eigenvalue weighted by atomic mass is 32.2. The highest BCUT2D eigenvalue weighted by Crippen LogP contribution is 2.38. The maximum atomic E-state index is 13.3. The number of piperidine rings is 1. The minimum absolute atomic E-state index is 0.0764. The predicted octanol–water partition coefficient (Wildman–Crippen LogP) is 3.03. The number of esters is 1. The summed E-state index contributed by atoms with van der Waals surface area (Å²) in [5.74, 6) is -0.219. The van der Waals surface area contributed by atoms with Crippen molar-refractivity contribution in [3.8, 4) is 0 Å². The molecular weight excluding hydrogens is 412 g/mol. The Morgan fingerprint density at radius 1 is 1.17 bits per heavy atom. The molecule has 1 fully saturated rings. The molecule has 0 aromatic carbocycles. The quantitative estimate of drug-likeness (QED) is 0.633. The SMILES string of the molecule is CC[C@H](C)CC(=O)N1CCc2c(sc(S(=O)(=O)N3CCCCC3)c2C(=O)OC)C1. The molecule has 1 atom stereocenters. The van der Waals surface area contributed by atoms with Crippen LogP contribution in [-0.4, -0.2) is 56.2 Å². The molecule has 0 saturated carbocycles. The summed E-state index contributed by atoms with van der Waals surface area (Å²) < 4.78 is 33.1. The van der Waals surface area contributed by atoms with E-state index in [0.717, 1.165) is 47.5 Å². The van der Waals surface area contributed by atoms with E-state index in [-0.39, 0.29) is 15.7 Å². The number of carbonyl (C=O) groups is 2. The van der Waals surface area contributed by atoms with Gasteiger partial charge in [-0.2, -0.15) is 4.31 Å². The van der Waals surface area contributed by atoms with Gasteiger partial charge < -0.3 is 9.64 Å². The maximum Gasteiger partial charge on any atom is 0.340 e. The third-order valence-electron chi connectivity index (χ3n) is 5.88. The molecule has 7 nitrogen and oxygen atoms in total. The Labute approximate surface area is 177 Å². The van der Waals surface area contributed by atoms with Crippen molar-refractivity contribution in [2.45, 2.75) is 63.1 Å². The van der Waals surface area contributed by atoms with Gasteiger partial charge in [-0.1, -0.05) is 26.7 Å². The van der Waals surface area contributed by atoms with Crippen molar-refractivity contribution in [3.05, 3.63) is 16.0 Å². The van der Waals surface area contributed by atoms with E-state index >= 15 is 0 Å². The molecule has 0 N–H and O–H groups in total. The lowest BCUT2D eigenvalue weighted by Crippen LogP contribution is -2.36. The van der Waals surface area contributed by atoms with Crippen LogP contribution in [0.2, 0.25) is 0 Å². The highest BCUT2D eigenvalue weighted by Gasteiger charge is 2.37. The van der Waals surface area contributed by atoms with E-state index in [2.05, 4.69) is 13.8 Å². The zero-order valence-corrected chi connectivity index (χ0v) is 19.0. The first-order chi connectivity index (χ1) is 13.8. The van der Waals surface area contributed by atoms with Crippen molar-refractivity contribution in [2.75, 3.05) is 26.7 Å². The number of methoxy groups -OCH3 is 1. The Balaban J connectivity index is 1.94. The van der Waals surface area contributed by atoms with E-state index < -0.39 is 16.0 Å². The van der Waals surface area contributed by atoms with Gasteiger partial charge in [0.05, 0.1) is 19.2 Å². The summed E-state index contributed by atoms with van der Waals surface area (Å²) in [7, 11) is -2.48. The molecule has 1 aromatic heterocycles. The first-order valence-electron chi connectivity index (χ1n) is 10.3. The van der Waals surface area contributed by atoms with E-state index in [1.807, 2.05) is 0 Å². The number of carbonyl (C=O) groups excluding carboxylic acids is 2. The second-order valence-electron chi connectivity index (χ2n) is 7.91. The summed E-state index contributed by atoms with van der Waals surface area (Å²) in [5.41, 5.74) is 0.900. The molecule has 1 saturated heterocycles. The van der Waals surface area contributed by atoms with Crippen LogP contribution in [0.1, 0.15) is 66.8 Å². The van der Waals surface area contributed by atoms with Crippen LogP contribution < -0.4 is 0 Å². The van der Waals surface area contributed by atoms with Crippen molar-refractivity contribution in [1.29, 1.82) is 0 Å². The smallest absolute Gasteiger partial charge is 0.340 e. The lowest BCUT2D eigenvalue weighted by Gasteiger charge is -2.28. The van der Waals surface area contributed by atoms with Crippen LogP contribution >= 0.6 is 11.3 Å². The molecule has 0 aliphatic carbocycles. The van der Waals surface area contributed by atoms with Crippen LogP contribution in [0, 0.1) is 5.92 Å². The molecule has 0 spiro atoms. The largest absolute Gasteiger partial charge is 0.465 e. The summed E-state index contributed by atoms with van der Waals surface area (Å²) in [6.07, 6.45) is 4.57. The minimum atomic E-state index is -3.75. The van der Waals surface area contributed by atoms with Crippen molar-refractivity contribution >= 4 is 33.2 Å². The topological polar surface area (TPSA) is 84.0 Å². The molecule has 0 radical (unpaired) electrons. The van der Waals surface area contributed by atoms with Gasteiger partial charge in [0.15, 0.2) is 0 Å². The fraction of sp³-hybridized carbons (Fsp3) is 0.700. The van der Waals surface area contributed by atoms with Crippen LogP contribution in [0.3, 0.4) is 0 Å². The highest BCUT2D eigenvalue weighted by molar-refractivity contribution is 7.91. The fourth-order valence-corrected chi connectivity index (χ4v) is 7.43. The fourth-order valence-electron chi connectivity index (χ4n) is 3.88. The molecule has 1 amide bonds. The lowest BCUT2D eigenvalue weighted by molar-refractivity contribution is -0.133. The van der Waals surface area contributed by atoms with Crippen molar-refractivity contribution in [3.63, 3.8) is 0 Å². The van der Waals surface area contributed by atoms with Gasteiger partial charge in [0.2, 0.25) is 5.91 Å². The molecule has 3 heterocycles. The third-order valence-corrected chi connectivity index (χ3v) is 9.49. The Morgan fingerprint density at radius 3 is 2.48 bits per heavy atom. The summed E-state index contributed by atoms with van der Waals surface area (Å²) in [4.78, 5) is 27.7. The van der Waals surface area contributed by atoms with Gasteiger partial charge in [-0.15, -0.1) is 11.3 Å². The number of rotatable bonds is 6. The van der Waals surface area contributed by atoms with Gasteiger partial charge in [-0.25, -0.2) is 13.2 Å². The van der Waals surface area contributed by atoms with Gasteiger partial charge in [0, 0.05) is 30.9 Å². The van der Waals surface area contributed by atoms with E-state index in [1.54, 1.807) is 4.90 Å². The second kappa shape index (κ2) is 9.14. The van der Waals surface area contributed by atoms with Crippen molar-refractivity contribution in [1.82, 2.24) is 9.21 Å². The predicted molar refractivity (Wildman–Crippen MR) is 111 cm³/mol. The number of hydrogen-bond donors (Lipinski definition) is 0. The van der Waals surface area contributed by atoms with Crippen molar-refractivity contribution in [2.24, 2.45) is 5.92 Å². The Morgan fingerprint density at radius 2 is 1.86 bits per heavy atom. The van der Waals surface area contributed by atoms with Gasteiger partial charge in [0.1, 0.15) is 4.21 Å². The zero-order valence-electron chi connectivity index (χ0n) is 17.4. The molecule has 0 bridgehead atoms. The summed E-state index contributed by atoms with van der Waals surface area (Å²) >= 11 is 1.13. The minimum Gasteiger partial charge on any atom is -0.465 e. The molecule has 2 aliphatic rings. The van der Waals surface area contributed by atoms with E-state index in [4.69, 9.17) is 4.74 Å². The van der Waals surface area contributed by atoms with Gasteiger partial charge in [-0.05, 0) is 30.7 Å². The first kappa shape index (κ1) is 22.2. The monoisotopic (exact) mass is 442 g/mol. The lowest BCUT2D eigenvalue weighted by atomic mass is 10.0. The van der Waals surface area contributed by atoms with Crippen molar-refractivity contribution < 1.29 is 22.7 Å². The van der Waals surface area contributed by atoms with Crippen LogP contribution in [-0.2, 0) is 32.5 Å². The number of hydrogen-bond acceptors (Lipinski definition) is 6. The maximum absolute atomic E-state index is 13.3. The average molecular weight is 443 g/mol. The van der Waals surface area contributed by atoms with Crippen LogP contribution in [0.4, 0.5) is 0 Å². The average Bonchev–Trinajstić information content (AvgIpc) is 3.13. The molecular formula is C20H30N2O5S2. The molecule has 0 unspecified atom stereocenters. The van der Waals surface area contributed by atoms with Gasteiger partial charge >= 0.3 is 5.97 Å². The number of ether oxygens (including phenoxy) is 1. The number of sulfonamides is 1. The van der Waals surface area contributed by atoms with E-state index in [9.17, 15) is 18.0 Å². The summed E-state index contributed by atoms with van der Waals surface area (Å²) in [6.45, 7) is 5.92. The first-order valence-corrected chi connectivity index (χ1v) is 12.6. The molecule has 162 valence electrons. The molecule has 2 aliphatic heterocycles. The number of thiophene rings is 1. The van der Waals surface area contributed by atoms with Gasteiger partial charge in [-0.3, -0.25) is 4.79 Å². The number of nitrogens with zero attached hydrogens (tertiary/aromatic N) is 2. The normalized spacial score (nSPS) is 18.9. The third kappa shape index (κ3) is 4.51. The van der Waals surface area contributed by atoms with Crippen LogP contribution in [0.15, 0.2) is 4.21 Å². The zero-order chi connectivity index (χ0) is 21.2. The number of fused-ring (bicyclic) bond motifs is 1. The van der Waals surface area contributed by atoms with Gasteiger partial charge in [0.25, 0.3) is 10.0 Å². The van der Waals surface area contributed by atoms with E-state index in [0.29, 0.717) is 44.9 Å².